The zero-order valence-electron chi connectivity index (χ0n) is 9.69. The van der Waals surface area contributed by atoms with Gasteiger partial charge in [-0.3, -0.25) is 4.79 Å². The monoisotopic (exact) mass is 255 g/mol. The second kappa shape index (κ2) is 6.45. The molecule has 1 fully saturated rings. The molecule has 1 aliphatic carbocycles. The fourth-order valence-corrected chi connectivity index (χ4v) is 2.12. The van der Waals surface area contributed by atoms with Gasteiger partial charge in [0.25, 0.3) is 5.91 Å². The Balaban J connectivity index is 0.00000144. The van der Waals surface area contributed by atoms with Crippen molar-refractivity contribution in [1.29, 1.82) is 0 Å². The summed E-state index contributed by atoms with van der Waals surface area (Å²) >= 11 is 0. The van der Waals surface area contributed by atoms with Crippen LogP contribution in [0.1, 0.15) is 36.2 Å². The predicted octanol–water partition coefficient (Wildman–Crippen LogP) is 2.01. The summed E-state index contributed by atoms with van der Waals surface area (Å²) in [4.78, 5) is 15.7. The lowest BCUT2D eigenvalue weighted by atomic mass is 10.1. The molecule has 1 aromatic rings. The van der Waals surface area contributed by atoms with Crippen molar-refractivity contribution in [2.45, 2.75) is 25.7 Å². The van der Waals surface area contributed by atoms with Crippen LogP contribution in [0.3, 0.4) is 0 Å². The van der Waals surface area contributed by atoms with Crippen LogP contribution in [0.25, 0.3) is 0 Å². The first-order valence-electron chi connectivity index (χ1n) is 5.76. The molecular formula is C12H18ClN3O. The third-order valence-corrected chi connectivity index (χ3v) is 3.03. The van der Waals surface area contributed by atoms with Crippen LogP contribution in [-0.4, -0.2) is 17.4 Å². The number of halogens is 1. The molecule has 1 aliphatic rings. The molecule has 0 spiro atoms. The number of hydrogen-bond acceptors (Lipinski definition) is 3. The van der Waals surface area contributed by atoms with Crippen LogP contribution in [0.4, 0.5) is 5.82 Å². The molecule has 17 heavy (non-hydrogen) atoms. The molecule has 0 radical (unpaired) electrons. The number of rotatable bonds is 3. The average Bonchev–Trinajstić information content (AvgIpc) is 2.78. The summed E-state index contributed by atoms with van der Waals surface area (Å²) in [6.45, 7) is 0.759. The summed E-state index contributed by atoms with van der Waals surface area (Å²) in [5, 5.41) is 2.91. The number of amides is 1. The average molecular weight is 256 g/mol. The lowest BCUT2D eigenvalue weighted by molar-refractivity contribution is 0.0942. The molecular weight excluding hydrogens is 238 g/mol. The smallest absolute Gasteiger partial charge is 0.269 e. The van der Waals surface area contributed by atoms with Crippen LogP contribution < -0.4 is 11.1 Å². The highest BCUT2D eigenvalue weighted by molar-refractivity contribution is 5.92. The van der Waals surface area contributed by atoms with E-state index in [9.17, 15) is 4.79 Å². The third-order valence-electron chi connectivity index (χ3n) is 3.03. The number of nitrogens with one attached hydrogen (secondary N) is 1. The van der Waals surface area contributed by atoms with Gasteiger partial charge in [0, 0.05) is 6.54 Å². The Morgan fingerprint density at radius 3 is 2.76 bits per heavy atom. The minimum Gasteiger partial charge on any atom is -0.384 e. The molecule has 3 N–H and O–H groups in total. The molecule has 4 nitrogen and oxygen atoms in total. The van der Waals surface area contributed by atoms with E-state index in [0.29, 0.717) is 17.4 Å². The van der Waals surface area contributed by atoms with E-state index in [1.807, 2.05) is 0 Å². The SMILES string of the molecule is Cl.Nc1cccc(C(=O)NCC2CCCC2)n1. The third kappa shape index (κ3) is 3.89. The molecule has 0 atom stereocenters. The highest BCUT2D eigenvalue weighted by Gasteiger charge is 2.16. The summed E-state index contributed by atoms with van der Waals surface area (Å²) in [7, 11) is 0. The molecule has 0 saturated heterocycles. The quantitative estimate of drug-likeness (QED) is 0.868. The zero-order chi connectivity index (χ0) is 11.4. The van der Waals surface area contributed by atoms with Crippen molar-refractivity contribution < 1.29 is 4.79 Å². The predicted molar refractivity (Wildman–Crippen MR) is 70.2 cm³/mol. The van der Waals surface area contributed by atoms with Gasteiger partial charge in [0.05, 0.1) is 0 Å². The number of aromatic nitrogens is 1. The van der Waals surface area contributed by atoms with Crippen LogP contribution in [-0.2, 0) is 0 Å². The van der Waals surface area contributed by atoms with E-state index in [1.165, 1.54) is 25.7 Å². The van der Waals surface area contributed by atoms with Crippen molar-refractivity contribution in [2.75, 3.05) is 12.3 Å². The van der Waals surface area contributed by atoms with Crippen molar-refractivity contribution in [1.82, 2.24) is 10.3 Å². The van der Waals surface area contributed by atoms with Crippen LogP contribution in [0.15, 0.2) is 18.2 Å². The normalized spacial score (nSPS) is 15.3. The highest BCUT2D eigenvalue weighted by Crippen LogP contribution is 2.23. The van der Waals surface area contributed by atoms with Gasteiger partial charge in [-0.1, -0.05) is 18.9 Å². The summed E-state index contributed by atoms with van der Waals surface area (Å²) in [6, 6.07) is 5.10. The van der Waals surface area contributed by atoms with Crippen LogP contribution in [0, 0.1) is 5.92 Å². The standard InChI is InChI=1S/C12H17N3O.ClH/c13-11-7-3-6-10(15-11)12(16)14-8-9-4-1-2-5-9;/h3,6-7,9H,1-2,4-5,8H2,(H2,13,15)(H,14,16);1H. The van der Waals surface area contributed by atoms with Gasteiger partial charge in [-0.05, 0) is 30.9 Å². The number of carbonyl (C=O) groups is 1. The van der Waals surface area contributed by atoms with E-state index >= 15 is 0 Å². The number of carbonyl (C=O) groups excluding carboxylic acids is 1. The molecule has 0 aromatic carbocycles. The number of hydrogen-bond donors (Lipinski definition) is 2. The maximum absolute atomic E-state index is 11.7. The van der Waals surface area contributed by atoms with Gasteiger partial charge in [0.15, 0.2) is 0 Å². The molecule has 5 heteroatoms. The Morgan fingerprint density at radius 1 is 1.41 bits per heavy atom. The lowest BCUT2D eigenvalue weighted by Gasteiger charge is -2.10. The number of nitrogen functional groups attached to an aromatic ring is 1. The van der Waals surface area contributed by atoms with E-state index in [0.717, 1.165) is 6.54 Å². The van der Waals surface area contributed by atoms with Gasteiger partial charge >= 0.3 is 0 Å². The van der Waals surface area contributed by atoms with Crippen LogP contribution in [0.2, 0.25) is 0 Å². The molecule has 1 heterocycles. The molecule has 0 unspecified atom stereocenters. The van der Waals surface area contributed by atoms with E-state index in [2.05, 4.69) is 10.3 Å². The Morgan fingerprint density at radius 2 is 2.12 bits per heavy atom. The van der Waals surface area contributed by atoms with Crippen LogP contribution >= 0.6 is 12.4 Å². The van der Waals surface area contributed by atoms with Crippen molar-refractivity contribution in [3.63, 3.8) is 0 Å². The minimum absolute atomic E-state index is 0. The molecule has 94 valence electrons. The van der Waals surface area contributed by atoms with Gasteiger partial charge in [0.1, 0.15) is 11.5 Å². The Bertz CT molecular complexity index is 378. The van der Waals surface area contributed by atoms with E-state index in [1.54, 1.807) is 18.2 Å². The second-order valence-corrected chi connectivity index (χ2v) is 4.31. The molecule has 2 rings (SSSR count). The maximum atomic E-state index is 11.7. The lowest BCUT2D eigenvalue weighted by Crippen LogP contribution is -2.29. The van der Waals surface area contributed by atoms with Gasteiger partial charge < -0.3 is 11.1 Å². The highest BCUT2D eigenvalue weighted by atomic mass is 35.5. The Labute approximate surface area is 107 Å². The number of anilines is 1. The fourth-order valence-electron chi connectivity index (χ4n) is 2.12. The fraction of sp³-hybridized carbons (Fsp3) is 0.500. The largest absolute Gasteiger partial charge is 0.384 e. The zero-order valence-corrected chi connectivity index (χ0v) is 10.5. The first-order valence-corrected chi connectivity index (χ1v) is 5.76. The molecule has 1 saturated carbocycles. The molecule has 0 bridgehead atoms. The van der Waals surface area contributed by atoms with E-state index in [-0.39, 0.29) is 18.3 Å². The van der Waals surface area contributed by atoms with Crippen LogP contribution in [0.5, 0.6) is 0 Å². The molecule has 1 aromatic heterocycles. The number of nitrogens with two attached hydrogens (primary N) is 1. The molecule has 0 aliphatic heterocycles. The van der Waals surface area contributed by atoms with Crippen molar-refractivity contribution in [2.24, 2.45) is 5.92 Å². The maximum Gasteiger partial charge on any atom is 0.269 e. The van der Waals surface area contributed by atoms with Gasteiger partial charge in [-0.15, -0.1) is 12.4 Å². The van der Waals surface area contributed by atoms with Crippen molar-refractivity contribution in [3.8, 4) is 0 Å². The Hall–Kier alpha value is -1.29. The van der Waals surface area contributed by atoms with E-state index < -0.39 is 0 Å². The van der Waals surface area contributed by atoms with E-state index in [4.69, 9.17) is 5.73 Å². The minimum atomic E-state index is -0.126. The van der Waals surface area contributed by atoms with Gasteiger partial charge in [-0.25, -0.2) is 4.98 Å². The van der Waals surface area contributed by atoms with Gasteiger partial charge in [0.2, 0.25) is 0 Å². The first kappa shape index (κ1) is 13.8. The topological polar surface area (TPSA) is 68.0 Å². The van der Waals surface area contributed by atoms with Crippen molar-refractivity contribution in [3.05, 3.63) is 23.9 Å². The summed E-state index contributed by atoms with van der Waals surface area (Å²) < 4.78 is 0. The van der Waals surface area contributed by atoms with Crippen molar-refractivity contribution >= 4 is 24.1 Å². The molecule has 1 amide bonds. The summed E-state index contributed by atoms with van der Waals surface area (Å²) in [5.74, 6) is 0.901. The first-order chi connectivity index (χ1) is 7.75. The summed E-state index contributed by atoms with van der Waals surface area (Å²) in [6.07, 6.45) is 5.03. The van der Waals surface area contributed by atoms with Gasteiger partial charge in [-0.2, -0.15) is 0 Å². The second-order valence-electron chi connectivity index (χ2n) is 4.31. The number of nitrogens with zero attached hydrogens (tertiary/aromatic N) is 1. The Kier molecular flexibility index (Phi) is 5.22. The summed E-state index contributed by atoms with van der Waals surface area (Å²) in [5.41, 5.74) is 5.92. The number of pyridine rings is 1.